The first-order valence-electron chi connectivity index (χ1n) is 7.40. The second-order valence-electron chi connectivity index (χ2n) is 5.12. The number of hydrogen-bond acceptors (Lipinski definition) is 4. The van der Waals surface area contributed by atoms with Gasteiger partial charge in [0.15, 0.2) is 5.82 Å². The van der Waals surface area contributed by atoms with Crippen molar-refractivity contribution in [2.75, 3.05) is 6.54 Å². The molecular formula is C16H23N3O. The molecule has 0 radical (unpaired) electrons. The number of nitrogens with one attached hydrogen (secondary N) is 1. The van der Waals surface area contributed by atoms with Crippen LogP contribution < -0.4 is 5.32 Å². The molecule has 0 amide bonds. The van der Waals surface area contributed by atoms with Gasteiger partial charge in [0, 0.05) is 5.56 Å². The standard InChI is InChI=1S/C16H23N3O/c1-3-4-5-6-10-17-12-15-18-16(20-19-15)14-9-7-8-13(2)11-14/h7-9,11,17H,3-6,10,12H2,1-2H3. The maximum atomic E-state index is 5.30. The second-order valence-corrected chi connectivity index (χ2v) is 5.12. The second kappa shape index (κ2) is 7.80. The van der Waals surface area contributed by atoms with Gasteiger partial charge in [-0.1, -0.05) is 49.0 Å². The lowest BCUT2D eigenvalue weighted by atomic mass is 10.1. The first-order chi connectivity index (χ1) is 9.79. The molecule has 1 aromatic carbocycles. The quantitative estimate of drug-likeness (QED) is 0.745. The Morgan fingerprint density at radius 3 is 2.90 bits per heavy atom. The van der Waals surface area contributed by atoms with Crippen LogP contribution in [0.3, 0.4) is 0 Å². The van der Waals surface area contributed by atoms with Crippen molar-refractivity contribution in [2.24, 2.45) is 0 Å². The predicted molar refractivity (Wildman–Crippen MR) is 80.3 cm³/mol. The van der Waals surface area contributed by atoms with Crippen LogP contribution in [-0.4, -0.2) is 16.7 Å². The fourth-order valence-corrected chi connectivity index (χ4v) is 2.10. The minimum absolute atomic E-state index is 0.594. The van der Waals surface area contributed by atoms with Gasteiger partial charge in [0.05, 0.1) is 6.54 Å². The van der Waals surface area contributed by atoms with E-state index in [4.69, 9.17) is 4.52 Å². The summed E-state index contributed by atoms with van der Waals surface area (Å²) in [6.07, 6.45) is 5.06. The van der Waals surface area contributed by atoms with Gasteiger partial charge >= 0.3 is 0 Å². The Kier molecular flexibility index (Phi) is 5.74. The fourth-order valence-electron chi connectivity index (χ4n) is 2.10. The zero-order chi connectivity index (χ0) is 14.2. The molecule has 2 rings (SSSR count). The van der Waals surface area contributed by atoms with Crippen LogP contribution in [0.25, 0.3) is 11.5 Å². The highest BCUT2D eigenvalue weighted by molar-refractivity contribution is 5.53. The summed E-state index contributed by atoms with van der Waals surface area (Å²) >= 11 is 0. The molecule has 0 unspecified atom stereocenters. The summed E-state index contributed by atoms with van der Waals surface area (Å²) in [7, 11) is 0. The predicted octanol–water partition coefficient (Wildman–Crippen LogP) is 3.71. The summed E-state index contributed by atoms with van der Waals surface area (Å²) in [5.74, 6) is 1.31. The van der Waals surface area contributed by atoms with Crippen LogP contribution >= 0.6 is 0 Å². The zero-order valence-corrected chi connectivity index (χ0v) is 12.4. The Labute approximate surface area is 120 Å². The molecule has 0 fully saturated rings. The smallest absolute Gasteiger partial charge is 0.257 e. The summed E-state index contributed by atoms with van der Waals surface area (Å²) in [4.78, 5) is 4.42. The minimum atomic E-state index is 0.594. The van der Waals surface area contributed by atoms with E-state index >= 15 is 0 Å². The molecule has 0 aliphatic heterocycles. The van der Waals surface area contributed by atoms with Crippen molar-refractivity contribution in [3.8, 4) is 11.5 Å². The fraction of sp³-hybridized carbons (Fsp3) is 0.500. The molecule has 0 saturated heterocycles. The van der Waals surface area contributed by atoms with Crippen molar-refractivity contribution < 1.29 is 4.52 Å². The number of hydrogen-bond donors (Lipinski definition) is 1. The van der Waals surface area contributed by atoms with Crippen LogP contribution in [0, 0.1) is 6.92 Å². The van der Waals surface area contributed by atoms with E-state index in [1.54, 1.807) is 0 Å². The molecule has 1 aromatic heterocycles. The van der Waals surface area contributed by atoms with Gasteiger partial charge in [0.1, 0.15) is 0 Å². The molecule has 0 bridgehead atoms. The van der Waals surface area contributed by atoms with E-state index in [1.165, 1.54) is 31.2 Å². The third-order valence-electron chi connectivity index (χ3n) is 3.22. The van der Waals surface area contributed by atoms with Crippen molar-refractivity contribution in [3.63, 3.8) is 0 Å². The van der Waals surface area contributed by atoms with Crippen LogP contribution in [0.5, 0.6) is 0 Å². The summed E-state index contributed by atoms with van der Waals surface area (Å²) < 4.78 is 5.30. The largest absolute Gasteiger partial charge is 0.334 e. The number of rotatable bonds is 8. The molecule has 2 aromatic rings. The lowest BCUT2D eigenvalue weighted by Crippen LogP contribution is -2.15. The molecule has 0 atom stereocenters. The highest BCUT2D eigenvalue weighted by Crippen LogP contribution is 2.17. The molecule has 1 heterocycles. The molecule has 20 heavy (non-hydrogen) atoms. The minimum Gasteiger partial charge on any atom is -0.334 e. The van der Waals surface area contributed by atoms with Crippen molar-refractivity contribution in [1.82, 2.24) is 15.5 Å². The summed E-state index contributed by atoms with van der Waals surface area (Å²) in [5, 5.41) is 7.36. The number of unbranched alkanes of at least 4 members (excludes halogenated alkanes) is 3. The van der Waals surface area contributed by atoms with E-state index in [0.717, 1.165) is 17.9 Å². The van der Waals surface area contributed by atoms with Crippen molar-refractivity contribution in [3.05, 3.63) is 35.7 Å². The van der Waals surface area contributed by atoms with E-state index in [0.29, 0.717) is 12.4 Å². The van der Waals surface area contributed by atoms with Gasteiger partial charge in [0.25, 0.3) is 5.89 Å². The SMILES string of the molecule is CCCCCCNCc1noc(-c2cccc(C)c2)n1. The molecule has 0 aliphatic carbocycles. The van der Waals surface area contributed by atoms with Gasteiger partial charge < -0.3 is 9.84 Å². The number of nitrogens with zero attached hydrogens (tertiary/aromatic N) is 2. The number of aryl methyl sites for hydroxylation is 1. The maximum absolute atomic E-state index is 5.30. The van der Waals surface area contributed by atoms with Gasteiger partial charge in [-0.05, 0) is 32.0 Å². The number of aromatic nitrogens is 2. The molecule has 108 valence electrons. The van der Waals surface area contributed by atoms with E-state index in [9.17, 15) is 0 Å². The van der Waals surface area contributed by atoms with Crippen molar-refractivity contribution >= 4 is 0 Å². The van der Waals surface area contributed by atoms with E-state index in [-0.39, 0.29) is 0 Å². The van der Waals surface area contributed by atoms with Gasteiger partial charge in [-0.3, -0.25) is 0 Å². The van der Waals surface area contributed by atoms with E-state index in [1.807, 2.05) is 12.1 Å². The maximum Gasteiger partial charge on any atom is 0.257 e. The van der Waals surface area contributed by atoms with Gasteiger partial charge in [-0.15, -0.1) is 0 Å². The Morgan fingerprint density at radius 1 is 1.20 bits per heavy atom. The van der Waals surface area contributed by atoms with Crippen LogP contribution in [0.2, 0.25) is 0 Å². The van der Waals surface area contributed by atoms with Crippen LogP contribution in [0.15, 0.2) is 28.8 Å². The highest BCUT2D eigenvalue weighted by Gasteiger charge is 2.08. The van der Waals surface area contributed by atoms with Crippen molar-refractivity contribution in [1.29, 1.82) is 0 Å². The summed E-state index contributed by atoms with van der Waals surface area (Å²) in [6.45, 7) is 5.95. The first-order valence-corrected chi connectivity index (χ1v) is 7.40. The monoisotopic (exact) mass is 273 g/mol. The Hall–Kier alpha value is -1.68. The summed E-state index contributed by atoms with van der Waals surface area (Å²) in [6, 6.07) is 8.09. The lowest BCUT2D eigenvalue weighted by Gasteiger charge is -2.00. The lowest BCUT2D eigenvalue weighted by molar-refractivity contribution is 0.419. The highest BCUT2D eigenvalue weighted by atomic mass is 16.5. The normalized spacial score (nSPS) is 10.9. The molecule has 4 nitrogen and oxygen atoms in total. The van der Waals surface area contributed by atoms with E-state index < -0.39 is 0 Å². The van der Waals surface area contributed by atoms with Crippen molar-refractivity contribution in [2.45, 2.75) is 46.1 Å². The molecule has 1 N–H and O–H groups in total. The summed E-state index contributed by atoms with van der Waals surface area (Å²) in [5.41, 5.74) is 2.17. The zero-order valence-electron chi connectivity index (χ0n) is 12.4. The van der Waals surface area contributed by atoms with Gasteiger partial charge in [-0.2, -0.15) is 4.98 Å². The average Bonchev–Trinajstić information content (AvgIpc) is 2.91. The van der Waals surface area contributed by atoms with Crippen LogP contribution in [0.1, 0.15) is 44.0 Å². The molecule has 0 spiro atoms. The molecular weight excluding hydrogens is 250 g/mol. The van der Waals surface area contributed by atoms with Crippen LogP contribution in [0.4, 0.5) is 0 Å². The molecule has 4 heteroatoms. The van der Waals surface area contributed by atoms with Crippen LogP contribution in [-0.2, 0) is 6.54 Å². The average molecular weight is 273 g/mol. The Balaban J connectivity index is 1.80. The molecule has 0 saturated carbocycles. The Morgan fingerprint density at radius 2 is 2.10 bits per heavy atom. The Bertz CT molecular complexity index is 522. The molecule has 0 aliphatic rings. The number of benzene rings is 1. The van der Waals surface area contributed by atoms with E-state index in [2.05, 4.69) is 41.4 Å². The van der Waals surface area contributed by atoms with Gasteiger partial charge in [-0.25, -0.2) is 0 Å². The van der Waals surface area contributed by atoms with Gasteiger partial charge in [0.2, 0.25) is 0 Å². The topological polar surface area (TPSA) is 51.0 Å². The third-order valence-corrected chi connectivity index (χ3v) is 3.22. The third kappa shape index (κ3) is 4.46. The first kappa shape index (κ1) is 14.7.